The SMILES string of the molecule is [CH2]CCCC=C=CC(C)=O. The third-order valence-corrected chi connectivity index (χ3v) is 1.00. The van der Waals surface area contributed by atoms with Crippen LogP contribution < -0.4 is 0 Å². The summed E-state index contributed by atoms with van der Waals surface area (Å²) in [6.07, 6.45) is 6.29. The Morgan fingerprint density at radius 3 is 2.90 bits per heavy atom. The Bertz CT molecular complexity index is 150. The molecule has 0 bridgehead atoms. The van der Waals surface area contributed by atoms with Gasteiger partial charge < -0.3 is 0 Å². The van der Waals surface area contributed by atoms with E-state index in [1.807, 2.05) is 6.08 Å². The third kappa shape index (κ3) is 7.19. The topological polar surface area (TPSA) is 17.1 Å². The van der Waals surface area contributed by atoms with Crippen molar-refractivity contribution in [2.24, 2.45) is 0 Å². The monoisotopic (exact) mass is 137 g/mol. The highest BCUT2D eigenvalue weighted by Crippen LogP contribution is 1.92. The molecule has 0 aliphatic rings. The van der Waals surface area contributed by atoms with Crippen LogP contribution in [0.25, 0.3) is 0 Å². The lowest BCUT2D eigenvalue weighted by atomic mass is 10.2. The summed E-state index contributed by atoms with van der Waals surface area (Å²) in [7, 11) is 0. The summed E-state index contributed by atoms with van der Waals surface area (Å²) in [5.74, 6) is 0.0471. The van der Waals surface area contributed by atoms with E-state index < -0.39 is 0 Å². The molecule has 0 unspecified atom stereocenters. The van der Waals surface area contributed by atoms with Crippen LogP contribution in [0.5, 0.6) is 0 Å². The van der Waals surface area contributed by atoms with Crippen LogP contribution in [0.15, 0.2) is 17.9 Å². The Kier molecular flexibility index (Phi) is 5.80. The second-order valence-electron chi connectivity index (χ2n) is 2.12. The maximum Gasteiger partial charge on any atom is 0.160 e. The van der Waals surface area contributed by atoms with Crippen molar-refractivity contribution < 1.29 is 4.79 Å². The normalized spacial score (nSPS) is 8.20. The highest BCUT2D eigenvalue weighted by atomic mass is 16.1. The first kappa shape index (κ1) is 9.19. The fourth-order valence-electron chi connectivity index (χ4n) is 0.506. The largest absolute Gasteiger partial charge is 0.294 e. The number of ketones is 1. The van der Waals surface area contributed by atoms with Gasteiger partial charge in [-0.05, 0) is 25.8 Å². The zero-order chi connectivity index (χ0) is 7.82. The fraction of sp³-hybridized carbons (Fsp3) is 0.444. The molecule has 1 radical (unpaired) electrons. The summed E-state index contributed by atoms with van der Waals surface area (Å²) < 4.78 is 0. The summed E-state index contributed by atoms with van der Waals surface area (Å²) in [5, 5.41) is 0. The Morgan fingerprint density at radius 1 is 1.70 bits per heavy atom. The molecule has 1 nitrogen and oxygen atoms in total. The lowest BCUT2D eigenvalue weighted by Crippen LogP contribution is -1.76. The standard InChI is InChI=1S/C9H13O/c1-3-4-5-6-7-8-9(2)10/h6,8H,1,3-5H2,2H3. The second-order valence-corrected chi connectivity index (χ2v) is 2.12. The van der Waals surface area contributed by atoms with Crippen LogP contribution in [0, 0.1) is 6.92 Å². The number of hydrogen-bond donors (Lipinski definition) is 0. The molecule has 0 spiro atoms. The quantitative estimate of drug-likeness (QED) is 0.330. The minimum atomic E-state index is 0.0471. The molecule has 0 rings (SSSR count). The highest BCUT2D eigenvalue weighted by Gasteiger charge is 1.77. The lowest BCUT2D eigenvalue weighted by Gasteiger charge is -1.82. The van der Waals surface area contributed by atoms with Crippen LogP contribution in [0.4, 0.5) is 0 Å². The second kappa shape index (κ2) is 6.31. The van der Waals surface area contributed by atoms with E-state index >= 15 is 0 Å². The van der Waals surface area contributed by atoms with E-state index in [1.165, 1.54) is 13.0 Å². The number of hydrogen-bond acceptors (Lipinski definition) is 1. The molecule has 55 valence electrons. The molecule has 0 aromatic carbocycles. The molecule has 0 saturated carbocycles. The van der Waals surface area contributed by atoms with E-state index in [0.717, 1.165) is 19.3 Å². The molecular formula is C9H13O. The van der Waals surface area contributed by atoms with Crippen molar-refractivity contribution in [2.45, 2.75) is 26.2 Å². The minimum absolute atomic E-state index is 0.0471. The molecule has 0 aromatic heterocycles. The van der Waals surface area contributed by atoms with Gasteiger partial charge in [-0.1, -0.05) is 13.3 Å². The maximum atomic E-state index is 10.3. The van der Waals surface area contributed by atoms with Gasteiger partial charge in [-0.3, -0.25) is 4.79 Å². The smallest absolute Gasteiger partial charge is 0.160 e. The van der Waals surface area contributed by atoms with Gasteiger partial charge in [0.25, 0.3) is 0 Å². The van der Waals surface area contributed by atoms with Gasteiger partial charge in [0.15, 0.2) is 5.78 Å². The van der Waals surface area contributed by atoms with Gasteiger partial charge in [-0.2, -0.15) is 0 Å². The van der Waals surface area contributed by atoms with E-state index in [2.05, 4.69) is 12.7 Å². The molecule has 0 aliphatic heterocycles. The van der Waals surface area contributed by atoms with E-state index in [9.17, 15) is 4.79 Å². The predicted molar refractivity (Wildman–Crippen MR) is 42.5 cm³/mol. The lowest BCUT2D eigenvalue weighted by molar-refractivity contribution is -0.112. The molecule has 0 fully saturated rings. The van der Waals surface area contributed by atoms with Gasteiger partial charge in [0, 0.05) is 6.08 Å². The first-order chi connectivity index (χ1) is 4.77. The van der Waals surface area contributed by atoms with Crippen LogP contribution in [-0.2, 0) is 4.79 Å². The van der Waals surface area contributed by atoms with Crippen molar-refractivity contribution in [3.05, 3.63) is 24.8 Å². The fourth-order valence-corrected chi connectivity index (χ4v) is 0.506. The van der Waals surface area contributed by atoms with Gasteiger partial charge in [-0.25, -0.2) is 0 Å². The van der Waals surface area contributed by atoms with E-state index in [4.69, 9.17) is 0 Å². The van der Waals surface area contributed by atoms with Crippen LogP contribution in [0.3, 0.4) is 0 Å². The average Bonchev–Trinajstić information content (AvgIpc) is 1.87. The van der Waals surface area contributed by atoms with Crippen molar-refractivity contribution in [1.29, 1.82) is 0 Å². The number of carbonyl (C=O) groups is 1. The Morgan fingerprint density at radius 2 is 2.40 bits per heavy atom. The van der Waals surface area contributed by atoms with Gasteiger partial charge in [-0.15, -0.1) is 5.73 Å². The molecule has 0 saturated heterocycles. The van der Waals surface area contributed by atoms with Crippen molar-refractivity contribution in [1.82, 2.24) is 0 Å². The molecule has 10 heavy (non-hydrogen) atoms. The summed E-state index contributed by atoms with van der Waals surface area (Å²) in [6.45, 7) is 5.21. The van der Waals surface area contributed by atoms with Crippen molar-refractivity contribution in [3.63, 3.8) is 0 Å². The number of carbonyl (C=O) groups excluding carboxylic acids is 1. The van der Waals surface area contributed by atoms with Gasteiger partial charge in [0.2, 0.25) is 0 Å². The summed E-state index contributed by atoms with van der Waals surface area (Å²) in [6, 6.07) is 0. The van der Waals surface area contributed by atoms with E-state index in [1.54, 1.807) is 0 Å². The first-order valence-electron chi connectivity index (χ1n) is 3.48. The minimum Gasteiger partial charge on any atom is -0.294 e. The molecule has 0 heterocycles. The third-order valence-electron chi connectivity index (χ3n) is 1.00. The van der Waals surface area contributed by atoms with Crippen LogP contribution in [0.2, 0.25) is 0 Å². The number of rotatable bonds is 4. The summed E-state index contributed by atoms with van der Waals surface area (Å²) in [4.78, 5) is 10.3. The van der Waals surface area contributed by atoms with E-state index in [0.29, 0.717) is 0 Å². The van der Waals surface area contributed by atoms with E-state index in [-0.39, 0.29) is 5.78 Å². The molecule has 0 atom stereocenters. The van der Waals surface area contributed by atoms with Gasteiger partial charge in [0.05, 0.1) is 0 Å². The molecule has 0 amide bonds. The van der Waals surface area contributed by atoms with Crippen LogP contribution in [-0.4, -0.2) is 5.78 Å². The number of unbranched alkanes of at least 4 members (excludes halogenated alkanes) is 2. The van der Waals surface area contributed by atoms with Crippen molar-refractivity contribution in [3.8, 4) is 0 Å². The molecular weight excluding hydrogens is 124 g/mol. The Hall–Kier alpha value is -0.810. The zero-order valence-electron chi connectivity index (χ0n) is 6.39. The predicted octanol–water partition coefficient (Wildman–Crippen LogP) is 2.29. The molecule has 0 N–H and O–H groups in total. The summed E-state index contributed by atoms with van der Waals surface area (Å²) >= 11 is 0. The Labute approximate surface area is 62.4 Å². The molecule has 1 heteroatoms. The Balaban J connectivity index is 3.44. The van der Waals surface area contributed by atoms with Crippen molar-refractivity contribution in [2.75, 3.05) is 0 Å². The number of allylic oxidation sites excluding steroid dienone is 1. The van der Waals surface area contributed by atoms with Crippen molar-refractivity contribution >= 4 is 5.78 Å². The highest BCUT2D eigenvalue weighted by molar-refractivity contribution is 5.86. The van der Waals surface area contributed by atoms with Crippen LogP contribution >= 0.6 is 0 Å². The summed E-state index contributed by atoms with van der Waals surface area (Å²) in [5.41, 5.74) is 2.79. The van der Waals surface area contributed by atoms with Gasteiger partial charge >= 0.3 is 0 Å². The first-order valence-corrected chi connectivity index (χ1v) is 3.48. The molecule has 0 aliphatic carbocycles. The average molecular weight is 137 g/mol. The van der Waals surface area contributed by atoms with Gasteiger partial charge in [0.1, 0.15) is 0 Å². The van der Waals surface area contributed by atoms with Crippen LogP contribution in [0.1, 0.15) is 26.2 Å². The zero-order valence-corrected chi connectivity index (χ0v) is 6.39. The maximum absolute atomic E-state index is 10.3. The molecule has 0 aromatic rings.